The van der Waals surface area contributed by atoms with Gasteiger partial charge in [0.1, 0.15) is 104 Å². The Bertz CT molecular complexity index is 2030. The van der Waals surface area contributed by atoms with E-state index in [4.69, 9.17) is 42.6 Å². The van der Waals surface area contributed by atoms with E-state index in [1.54, 1.807) is 0 Å². The summed E-state index contributed by atoms with van der Waals surface area (Å²) < 4.78 is 53.3. The van der Waals surface area contributed by atoms with Crippen molar-refractivity contribution >= 4 is 0 Å². The normalized spacial score (nSPS) is 49.1. The molecule has 7 rings (SSSR count). The van der Waals surface area contributed by atoms with Crippen LogP contribution in [0.15, 0.2) is 0 Å². The van der Waals surface area contributed by atoms with E-state index in [-0.39, 0.29) is 38.7 Å². The third kappa shape index (κ3) is 16.3. The average molecular weight is 1290 g/mol. The number of hydrogen-bond acceptors (Lipinski definition) is 34. The molecule has 0 aromatic rings. The van der Waals surface area contributed by atoms with Crippen LogP contribution in [0.25, 0.3) is 0 Å². The molecule has 0 aromatic carbocycles. The van der Waals surface area contributed by atoms with Gasteiger partial charge < -0.3 is 170 Å². The number of aliphatic hydroxyl groups excluding tert-OH is 25. The van der Waals surface area contributed by atoms with Gasteiger partial charge in [0.25, 0.3) is 0 Å². The summed E-state index contributed by atoms with van der Waals surface area (Å²) in [6.45, 7) is -6.94. The lowest BCUT2D eigenvalue weighted by molar-refractivity contribution is -0.363. The number of aliphatic hydroxyl groups is 25. The fraction of sp³-hybridized carbons (Fsp3) is 1.00. The molecule has 5 aliphatic carbocycles. The fourth-order valence-corrected chi connectivity index (χ4v) is 13.6. The molecule has 25 N–H and O–H groups in total. The fourth-order valence-electron chi connectivity index (χ4n) is 13.6. The van der Waals surface area contributed by atoms with Gasteiger partial charge in [-0.25, -0.2) is 0 Å². The van der Waals surface area contributed by atoms with Crippen LogP contribution in [0.5, 0.6) is 0 Å². The predicted octanol–water partition coefficient (Wildman–Crippen LogP) is -13.2. The SMILES string of the molecule is OCC1C[C@@H](OC2[C@@H](O)C(CO)O[C@@H](O[C@@H]3C(CO)O[C@@H](O)C(O)[C@H]3O)[C@H]2O)[C@@H](O)C(O[C@@H]2CC(CO)[C@H](O)C(O[C@@H]3CC(CO)[C@H](O)C(O[C@@H]4CC(CO)[C@H](O)C(OC5CC(CO)[C@H](O)[C@H](OCCC(CO)[C@H](O)[C@H](O)CO)C5)[C@@H]4O)[C@@H]3O)[C@@H]2O)[C@H]1O. The van der Waals surface area contributed by atoms with Crippen LogP contribution < -0.4 is 0 Å². The number of rotatable bonds is 27. The lowest BCUT2D eigenvalue weighted by Crippen LogP contribution is -2.66. The molecule has 15 unspecified atom stereocenters. The molecule has 7 aliphatic rings. The second-order valence-electron chi connectivity index (χ2n) is 24.7. The molecule has 0 aromatic heterocycles. The van der Waals surface area contributed by atoms with Crippen LogP contribution in [0.2, 0.25) is 0 Å². The highest BCUT2D eigenvalue weighted by Crippen LogP contribution is 2.42. The first-order chi connectivity index (χ1) is 41.9. The van der Waals surface area contributed by atoms with Gasteiger partial charge in [-0.1, -0.05) is 0 Å². The van der Waals surface area contributed by atoms with Crippen LogP contribution in [0, 0.1) is 35.5 Å². The molecule has 2 aliphatic heterocycles. The molecule has 34 nitrogen and oxygen atoms in total. The molecule has 34 heteroatoms. The topological polar surface area (TPSA) is 589 Å². The molecule has 2 heterocycles. The van der Waals surface area contributed by atoms with E-state index >= 15 is 0 Å². The van der Waals surface area contributed by atoms with Gasteiger partial charge in [0, 0.05) is 88.2 Å². The third-order valence-electron chi connectivity index (χ3n) is 19.1. The maximum atomic E-state index is 12.0. The summed E-state index contributed by atoms with van der Waals surface area (Å²) in [4.78, 5) is 0. The van der Waals surface area contributed by atoms with E-state index in [9.17, 15) is 128 Å². The van der Waals surface area contributed by atoms with Crippen LogP contribution >= 0.6 is 0 Å². The van der Waals surface area contributed by atoms with Gasteiger partial charge in [0.2, 0.25) is 0 Å². The Morgan fingerprint density at radius 3 is 1.11 bits per heavy atom. The highest BCUT2D eigenvalue weighted by molar-refractivity contribution is 5.05. The molecule has 0 bridgehead atoms. The zero-order valence-corrected chi connectivity index (χ0v) is 48.2. The summed E-state index contributed by atoms with van der Waals surface area (Å²) in [6.07, 6.45) is -53.9. The summed E-state index contributed by atoms with van der Waals surface area (Å²) >= 11 is 0. The molecule has 516 valence electrons. The lowest BCUT2D eigenvalue weighted by atomic mass is 9.77. The van der Waals surface area contributed by atoms with Crippen molar-refractivity contribution in [1.29, 1.82) is 0 Å². The molecule has 7 fully saturated rings. The van der Waals surface area contributed by atoms with Gasteiger partial charge in [-0.05, 0) is 38.5 Å². The minimum Gasteiger partial charge on any atom is -0.396 e. The summed E-state index contributed by atoms with van der Waals surface area (Å²) in [5.41, 5.74) is 0. The zero-order valence-electron chi connectivity index (χ0n) is 48.2. The molecular formula is C54H96O34. The Morgan fingerprint density at radius 1 is 0.330 bits per heavy atom. The number of ether oxygens (including phenoxy) is 9. The van der Waals surface area contributed by atoms with Gasteiger partial charge in [-0.3, -0.25) is 0 Å². The quantitative estimate of drug-likeness (QED) is 0.0363. The van der Waals surface area contributed by atoms with E-state index in [2.05, 4.69) is 0 Å². The first kappa shape index (κ1) is 74.0. The van der Waals surface area contributed by atoms with Gasteiger partial charge >= 0.3 is 0 Å². The van der Waals surface area contributed by atoms with Crippen molar-refractivity contribution in [2.45, 2.75) is 235 Å². The first-order valence-corrected chi connectivity index (χ1v) is 30.1. The highest BCUT2D eigenvalue weighted by atomic mass is 16.7. The second-order valence-corrected chi connectivity index (χ2v) is 24.7. The van der Waals surface area contributed by atoms with Crippen LogP contribution in [-0.2, 0) is 42.6 Å². The maximum absolute atomic E-state index is 12.0. The molecule has 0 radical (unpaired) electrons. The van der Waals surface area contributed by atoms with E-state index in [0.29, 0.717) is 0 Å². The summed E-state index contributed by atoms with van der Waals surface area (Å²) in [5.74, 6) is -6.44. The van der Waals surface area contributed by atoms with Crippen LogP contribution in [0.4, 0.5) is 0 Å². The van der Waals surface area contributed by atoms with Gasteiger partial charge in [0.15, 0.2) is 12.6 Å². The summed E-state index contributed by atoms with van der Waals surface area (Å²) in [6, 6.07) is 0. The van der Waals surface area contributed by atoms with Gasteiger partial charge in [0.05, 0.1) is 93.1 Å². The van der Waals surface area contributed by atoms with Crippen molar-refractivity contribution in [3.8, 4) is 0 Å². The minimum absolute atomic E-state index is 0.0282. The Kier molecular flexibility index (Phi) is 28.1. The largest absolute Gasteiger partial charge is 0.396 e. The second kappa shape index (κ2) is 33.3. The van der Waals surface area contributed by atoms with E-state index in [1.165, 1.54) is 0 Å². The molecular weight excluding hydrogens is 1190 g/mol. The Balaban J connectivity index is 1.04. The Labute approximate surface area is 505 Å². The molecule has 0 amide bonds. The Hall–Kier alpha value is -1.36. The molecule has 88 heavy (non-hydrogen) atoms. The van der Waals surface area contributed by atoms with E-state index in [0.717, 1.165) is 0 Å². The Morgan fingerprint density at radius 2 is 0.727 bits per heavy atom. The van der Waals surface area contributed by atoms with Crippen LogP contribution in [-0.4, -0.2) is 383 Å². The maximum Gasteiger partial charge on any atom is 0.187 e. The van der Waals surface area contributed by atoms with Crippen molar-refractivity contribution in [3.05, 3.63) is 0 Å². The molecule has 2 saturated heterocycles. The van der Waals surface area contributed by atoms with E-state index < -0.39 is 297 Å². The van der Waals surface area contributed by atoms with Crippen molar-refractivity contribution in [3.63, 3.8) is 0 Å². The van der Waals surface area contributed by atoms with Crippen molar-refractivity contribution < 1.29 is 170 Å². The zero-order chi connectivity index (χ0) is 64.7. The highest BCUT2D eigenvalue weighted by Gasteiger charge is 2.57. The van der Waals surface area contributed by atoms with Gasteiger partial charge in [-0.15, -0.1) is 0 Å². The van der Waals surface area contributed by atoms with Crippen LogP contribution in [0.1, 0.15) is 44.9 Å². The third-order valence-corrected chi connectivity index (χ3v) is 19.1. The number of hydrogen-bond donors (Lipinski definition) is 25. The average Bonchev–Trinajstić information content (AvgIpc) is 3.59. The van der Waals surface area contributed by atoms with Crippen molar-refractivity contribution in [2.75, 3.05) is 66.1 Å². The molecule has 0 spiro atoms. The van der Waals surface area contributed by atoms with Crippen molar-refractivity contribution in [1.82, 2.24) is 0 Å². The smallest absolute Gasteiger partial charge is 0.187 e. The predicted molar refractivity (Wildman–Crippen MR) is 285 cm³/mol. The standard InChI is InChI=1S/C54H96O34/c55-9-18(33(65)25(64)15-61)1-2-80-26-8-24(3-19(10-56)34(26)66)81-48-35(67)20(11-57)4-27(39(48)71)82-49-36(68)21(12-58)5-28(40(49)72)83-50-37(69)22(13-59)6-29(41(50)73)84-51-38(70)23(14-60)7-30(42(51)74)85-52-43(75)31(16-62)87-54(46(52)78)88-47-32(17-63)86-53(79)45(77)44(47)76/h18-79H,1-17H2/t18?,19?,20?,21?,22?,23?,24?,25-,26-,27-,28-,29-,30-,31?,32?,33+,34+,35+,36+,37+,38+,39-,40-,41-,42-,43+,44-,45?,46+,47-,48?,49?,50?,51?,52?,53-,54+/m1/s1. The summed E-state index contributed by atoms with van der Waals surface area (Å²) in [5, 5.41) is 270. The monoisotopic (exact) mass is 1290 g/mol. The van der Waals surface area contributed by atoms with Gasteiger partial charge in [-0.2, -0.15) is 0 Å². The minimum atomic E-state index is -2.07. The van der Waals surface area contributed by atoms with E-state index in [1.807, 2.05) is 0 Å². The first-order valence-electron chi connectivity index (χ1n) is 30.1. The molecule has 37 atom stereocenters. The lowest BCUT2D eigenvalue weighted by Gasteiger charge is -2.50. The van der Waals surface area contributed by atoms with Crippen molar-refractivity contribution in [2.24, 2.45) is 35.5 Å². The summed E-state index contributed by atoms with van der Waals surface area (Å²) in [7, 11) is 0. The molecule has 5 saturated carbocycles. The van der Waals surface area contributed by atoms with Crippen LogP contribution in [0.3, 0.4) is 0 Å².